The van der Waals surface area contributed by atoms with Crippen LogP contribution in [0.2, 0.25) is 0 Å². The van der Waals surface area contributed by atoms with Gasteiger partial charge in [-0.2, -0.15) is 0 Å². The van der Waals surface area contributed by atoms with E-state index in [1.54, 1.807) is 6.92 Å². The Balaban J connectivity index is 1.64. The van der Waals surface area contributed by atoms with Crippen molar-refractivity contribution in [2.24, 2.45) is 7.05 Å². The number of hydrogen-bond donors (Lipinski definition) is 1. The zero-order valence-corrected chi connectivity index (χ0v) is 16.4. The summed E-state index contributed by atoms with van der Waals surface area (Å²) in [5.41, 5.74) is 2.88. The SMILES string of the molecule is CC(Oc1ccccc1)C(=O)NC(c1ccccc1)c1nc2ccccc2n1C. The first-order valence-corrected chi connectivity index (χ1v) is 9.62. The van der Waals surface area contributed by atoms with Crippen LogP contribution >= 0.6 is 0 Å². The fourth-order valence-corrected chi connectivity index (χ4v) is 3.38. The summed E-state index contributed by atoms with van der Waals surface area (Å²) in [7, 11) is 1.97. The normalized spacial score (nSPS) is 13.0. The molecule has 1 N–H and O–H groups in total. The lowest BCUT2D eigenvalue weighted by Gasteiger charge is -2.22. The van der Waals surface area contributed by atoms with Gasteiger partial charge >= 0.3 is 0 Å². The molecule has 0 bridgehead atoms. The number of amides is 1. The number of carbonyl (C=O) groups is 1. The average molecular weight is 385 g/mol. The highest BCUT2D eigenvalue weighted by Crippen LogP contribution is 2.25. The number of nitrogens with zero attached hydrogens (tertiary/aromatic N) is 2. The largest absolute Gasteiger partial charge is 0.481 e. The quantitative estimate of drug-likeness (QED) is 0.540. The fraction of sp³-hybridized carbons (Fsp3) is 0.167. The van der Waals surface area contributed by atoms with Crippen LogP contribution in [0, 0.1) is 0 Å². The van der Waals surface area contributed by atoms with Crippen molar-refractivity contribution in [1.29, 1.82) is 0 Å². The van der Waals surface area contributed by atoms with Gasteiger partial charge in [0.25, 0.3) is 5.91 Å². The molecule has 1 heterocycles. The second-order valence-electron chi connectivity index (χ2n) is 6.94. The van der Waals surface area contributed by atoms with Crippen molar-refractivity contribution in [2.75, 3.05) is 0 Å². The lowest BCUT2D eigenvalue weighted by atomic mass is 10.1. The van der Waals surface area contributed by atoms with Gasteiger partial charge in [-0.3, -0.25) is 4.79 Å². The smallest absolute Gasteiger partial charge is 0.261 e. The monoisotopic (exact) mass is 385 g/mol. The van der Waals surface area contributed by atoms with Crippen molar-refractivity contribution >= 4 is 16.9 Å². The minimum atomic E-state index is -0.640. The van der Waals surface area contributed by atoms with Crippen molar-refractivity contribution in [3.63, 3.8) is 0 Å². The number of hydrogen-bond acceptors (Lipinski definition) is 3. The van der Waals surface area contributed by atoms with Gasteiger partial charge in [-0.1, -0.05) is 60.7 Å². The molecule has 0 aliphatic rings. The molecule has 1 aromatic heterocycles. The van der Waals surface area contributed by atoms with Crippen molar-refractivity contribution in [1.82, 2.24) is 14.9 Å². The van der Waals surface area contributed by atoms with Crippen molar-refractivity contribution < 1.29 is 9.53 Å². The first-order chi connectivity index (χ1) is 14.1. The number of aromatic nitrogens is 2. The number of rotatable bonds is 6. The van der Waals surface area contributed by atoms with E-state index in [2.05, 4.69) is 5.32 Å². The Hall–Kier alpha value is -3.60. The summed E-state index contributed by atoms with van der Waals surface area (Å²) >= 11 is 0. The Morgan fingerprint density at radius 1 is 0.931 bits per heavy atom. The van der Waals surface area contributed by atoms with Crippen LogP contribution in [-0.2, 0) is 11.8 Å². The first kappa shape index (κ1) is 18.7. The second-order valence-corrected chi connectivity index (χ2v) is 6.94. The van der Waals surface area contributed by atoms with Crippen molar-refractivity contribution in [2.45, 2.75) is 19.1 Å². The van der Waals surface area contributed by atoms with Gasteiger partial charge in [0.15, 0.2) is 6.10 Å². The Morgan fingerprint density at radius 2 is 1.55 bits per heavy atom. The number of fused-ring (bicyclic) bond motifs is 1. The van der Waals surface area contributed by atoms with Crippen LogP contribution in [0.4, 0.5) is 0 Å². The van der Waals surface area contributed by atoms with Crippen LogP contribution in [0.25, 0.3) is 11.0 Å². The number of ether oxygens (including phenoxy) is 1. The second kappa shape index (κ2) is 8.19. The third-order valence-electron chi connectivity index (χ3n) is 4.92. The van der Waals surface area contributed by atoms with Gasteiger partial charge in [-0.15, -0.1) is 0 Å². The van der Waals surface area contributed by atoms with Crippen molar-refractivity contribution in [3.05, 3.63) is 96.3 Å². The average Bonchev–Trinajstić information content (AvgIpc) is 3.09. The summed E-state index contributed by atoms with van der Waals surface area (Å²) in [4.78, 5) is 17.8. The number of para-hydroxylation sites is 3. The van der Waals surface area contributed by atoms with Crippen LogP contribution in [0.5, 0.6) is 5.75 Å². The lowest BCUT2D eigenvalue weighted by molar-refractivity contribution is -0.127. The van der Waals surface area contributed by atoms with Gasteiger partial charge in [0, 0.05) is 7.05 Å². The molecule has 0 spiro atoms. The van der Waals surface area contributed by atoms with E-state index in [0.29, 0.717) is 5.75 Å². The topological polar surface area (TPSA) is 56.1 Å². The van der Waals surface area contributed by atoms with Crippen LogP contribution in [0.15, 0.2) is 84.9 Å². The molecule has 0 aliphatic heterocycles. The van der Waals surface area contributed by atoms with Crippen LogP contribution in [0.3, 0.4) is 0 Å². The van der Waals surface area contributed by atoms with Gasteiger partial charge < -0.3 is 14.6 Å². The molecule has 2 unspecified atom stereocenters. The van der Waals surface area contributed by atoms with Gasteiger partial charge in [0.2, 0.25) is 0 Å². The molecular formula is C24H23N3O2. The highest BCUT2D eigenvalue weighted by Gasteiger charge is 2.25. The summed E-state index contributed by atoms with van der Waals surface area (Å²) < 4.78 is 7.82. The number of benzene rings is 3. The molecule has 0 aliphatic carbocycles. The molecule has 0 saturated heterocycles. The summed E-state index contributed by atoms with van der Waals surface area (Å²) in [5, 5.41) is 3.12. The van der Waals surface area contributed by atoms with Crippen LogP contribution in [-0.4, -0.2) is 21.6 Å². The van der Waals surface area contributed by atoms with E-state index in [1.165, 1.54) is 0 Å². The molecule has 5 heteroatoms. The summed E-state index contributed by atoms with van der Waals surface area (Å²) in [6.07, 6.45) is -0.640. The summed E-state index contributed by atoms with van der Waals surface area (Å²) in [6, 6.07) is 26.8. The molecule has 29 heavy (non-hydrogen) atoms. The molecule has 1 amide bonds. The fourth-order valence-electron chi connectivity index (χ4n) is 3.38. The van der Waals surface area contributed by atoms with Crippen molar-refractivity contribution in [3.8, 4) is 5.75 Å². The number of nitrogens with one attached hydrogen (secondary N) is 1. The van der Waals surface area contributed by atoms with Crippen LogP contribution < -0.4 is 10.1 Å². The summed E-state index contributed by atoms with van der Waals surface area (Å²) in [5.74, 6) is 1.24. The van der Waals surface area contributed by atoms with Gasteiger partial charge in [0.05, 0.1) is 11.0 Å². The Kier molecular flexibility index (Phi) is 5.29. The molecule has 0 saturated carbocycles. The number of imidazole rings is 1. The Morgan fingerprint density at radius 3 is 2.24 bits per heavy atom. The molecule has 146 valence electrons. The Bertz CT molecular complexity index is 1110. The molecule has 4 rings (SSSR count). The zero-order valence-electron chi connectivity index (χ0n) is 16.4. The minimum Gasteiger partial charge on any atom is -0.481 e. The molecule has 5 nitrogen and oxygen atoms in total. The van der Waals surface area contributed by atoms with Crippen LogP contribution in [0.1, 0.15) is 24.4 Å². The third kappa shape index (κ3) is 3.99. The lowest BCUT2D eigenvalue weighted by Crippen LogP contribution is -2.39. The molecule has 2 atom stereocenters. The van der Waals surface area contributed by atoms with Gasteiger partial charge in [0.1, 0.15) is 17.6 Å². The standard InChI is InChI=1S/C24H23N3O2/c1-17(29-19-13-7-4-8-14-19)24(28)26-22(18-11-5-3-6-12-18)23-25-20-15-9-10-16-21(20)27(23)2/h3-17,22H,1-2H3,(H,26,28). The summed E-state index contributed by atoms with van der Waals surface area (Å²) in [6.45, 7) is 1.75. The highest BCUT2D eigenvalue weighted by atomic mass is 16.5. The van der Waals surface area contributed by atoms with E-state index < -0.39 is 6.10 Å². The molecular weight excluding hydrogens is 362 g/mol. The van der Waals surface area contributed by atoms with Gasteiger partial charge in [-0.25, -0.2) is 4.98 Å². The molecule has 4 aromatic rings. The first-order valence-electron chi connectivity index (χ1n) is 9.62. The number of carbonyl (C=O) groups excluding carboxylic acids is 1. The maximum absolute atomic E-state index is 13.0. The molecule has 0 fully saturated rings. The molecule has 3 aromatic carbocycles. The number of aryl methyl sites for hydroxylation is 1. The van der Waals surface area contributed by atoms with E-state index >= 15 is 0 Å². The highest BCUT2D eigenvalue weighted by molar-refractivity contribution is 5.82. The van der Waals surface area contributed by atoms with E-state index in [1.807, 2.05) is 96.5 Å². The van der Waals surface area contributed by atoms with Gasteiger partial charge in [-0.05, 0) is 36.8 Å². The van der Waals surface area contributed by atoms with E-state index in [9.17, 15) is 4.79 Å². The minimum absolute atomic E-state index is 0.199. The predicted molar refractivity (Wildman–Crippen MR) is 114 cm³/mol. The third-order valence-corrected chi connectivity index (χ3v) is 4.92. The Labute approximate surface area is 170 Å². The maximum atomic E-state index is 13.0. The van der Waals surface area contributed by atoms with E-state index in [0.717, 1.165) is 22.4 Å². The van der Waals surface area contributed by atoms with E-state index in [-0.39, 0.29) is 11.9 Å². The molecule has 0 radical (unpaired) electrons. The van der Waals surface area contributed by atoms with E-state index in [4.69, 9.17) is 9.72 Å². The predicted octanol–water partition coefficient (Wildman–Crippen LogP) is 4.25. The maximum Gasteiger partial charge on any atom is 0.261 e. The zero-order chi connectivity index (χ0) is 20.2.